The topological polar surface area (TPSA) is 0 Å². The van der Waals surface area contributed by atoms with Crippen LogP contribution in [0.15, 0.2) is 0 Å². The van der Waals surface area contributed by atoms with Crippen molar-refractivity contribution in [3.8, 4) is 0 Å². The maximum Gasteiger partial charge on any atom is 0.169 e. The fraction of sp³-hybridized carbons (Fsp3) is 1.00. The van der Waals surface area contributed by atoms with Crippen LogP contribution < -0.4 is 0 Å². The quantitative estimate of drug-likeness (QED) is 0.422. The molecule has 0 saturated carbocycles. The zero-order chi connectivity index (χ0) is 11.1. The third-order valence-corrected chi connectivity index (χ3v) is 13.6. The minimum absolute atomic E-state index is 0.265. The summed E-state index contributed by atoms with van der Waals surface area (Å²) in [5, 5.41) is 0.530. The van der Waals surface area contributed by atoms with E-state index in [1.54, 1.807) is 0 Å². The van der Waals surface area contributed by atoms with E-state index in [0.29, 0.717) is 5.54 Å². The zero-order valence-corrected chi connectivity index (χ0v) is 12.2. The average molecular weight is 221 g/mol. The predicted octanol–water partition coefficient (Wildman–Crippen LogP) is 5.18. The number of halogens is 1. The van der Waals surface area contributed by atoms with Gasteiger partial charge >= 0.3 is 0 Å². The molecule has 13 heavy (non-hydrogen) atoms. The lowest BCUT2D eigenvalue weighted by atomic mass is 10.2. The Morgan fingerprint density at radius 1 is 0.846 bits per heavy atom. The van der Waals surface area contributed by atoms with E-state index in [1.807, 2.05) is 0 Å². The fourth-order valence-corrected chi connectivity index (χ4v) is 8.57. The van der Waals surface area contributed by atoms with Crippen molar-refractivity contribution >= 4 is 18.5 Å². The lowest BCUT2D eigenvalue weighted by Crippen LogP contribution is -2.49. The van der Waals surface area contributed by atoms with Gasteiger partial charge in [0.25, 0.3) is 0 Å². The monoisotopic (exact) mass is 220 g/mol. The Labute approximate surface area is 89.8 Å². The summed E-state index contributed by atoms with van der Waals surface area (Å²) in [6.45, 7) is 18.3. The van der Waals surface area contributed by atoms with Gasteiger partial charge < -0.3 is 0 Å². The minimum atomic E-state index is -1.76. The first-order valence-electron chi connectivity index (χ1n) is 5.13. The molecule has 0 heterocycles. The zero-order valence-electron chi connectivity index (χ0n) is 10.5. The summed E-state index contributed by atoms with van der Waals surface area (Å²) in [5.41, 5.74) is 0.620. The molecule has 0 aliphatic rings. The Morgan fingerprint density at radius 3 is 1.08 bits per heavy atom. The second-order valence-electron chi connectivity index (χ2n) is 6.37. The highest BCUT2D eigenvalue weighted by molar-refractivity contribution is 7.24. The van der Waals surface area contributed by atoms with Crippen molar-refractivity contribution in [3.63, 3.8) is 0 Å². The molecule has 0 aliphatic heterocycles. The summed E-state index contributed by atoms with van der Waals surface area (Å²) in [6.07, 6.45) is 0. The van der Waals surface area contributed by atoms with E-state index < -0.39 is 7.38 Å². The molecular weight excluding hydrogens is 196 g/mol. The summed E-state index contributed by atoms with van der Waals surface area (Å²) in [5.74, 6) is 0. The molecule has 0 saturated heterocycles. The van der Waals surface area contributed by atoms with E-state index in [4.69, 9.17) is 11.1 Å². The molecule has 0 aliphatic carbocycles. The predicted molar refractivity (Wildman–Crippen MR) is 66.1 cm³/mol. The smallest absolute Gasteiger partial charge is 0.166 e. The van der Waals surface area contributed by atoms with Gasteiger partial charge in [0.1, 0.15) is 0 Å². The van der Waals surface area contributed by atoms with Gasteiger partial charge in [-0.05, 0) is 15.6 Å². The molecule has 0 aromatic heterocycles. The number of hydrogen-bond acceptors (Lipinski definition) is 0. The van der Waals surface area contributed by atoms with Crippen LogP contribution in [0.2, 0.25) is 15.6 Å². The van der Waals surface area contributed by atoms with Crippen LogP contribution in [0.5, 0.6) is 0 Å². The molecule has 0 nitrogen and oxygen atoms in total. The van der Waals surface area contributed by atoms with E-state index in [0.717, 1.165) is 0 Å². The maximum absolute atomic E-state index is 6.97. The molecule has 0 aromatic carbocycles. The molecule has 0 atom stereocenters. The van der Waals surface area contributed by atoms with Gasteiger partial charge in [-0.2, -0.15) is 11.1 Å². The molecule has 0 rings (SSSR count). The Bertz CT molecular complexity index is 158. The highest BCUT2D eigenvalue weighted by Crippen LogP contribution is 2.58. The first-order valence-corrected chi connectivity index (χ1v) is 8.22. The van der Waals surface area contributed by atoms with E-state index in [1.165, 1.54) is 0 Å². The second kappa shape index (κ2) is 3.58. The molecule has 2 heteroatoms. The average Bonchev–Trinajstić information content (AvgIpc) is 1.80. The molecule has 0 amide bonds. The van der Waals surface area contributed by atoms with Crippen molar-refractivity contribution < 1.29 is 0 Å². The fourth-order valence-electron chi connectivity index (χ4n) is 2.86. The van der Waals surface area contributed by atoms with Gasteiger partial charge in [-0.3, -0.25) is 0 Å². The van der Waals surface area contributed by atoms with Gasteiger partial charge in [0.2, 0.25) is 0 Å². The van der Waals surface area contributed by atoms with Crippen LogP contribution in [0.3, 0.4) is 0 Å². The number of rotatable bonds is 1. The molecule has 0 bridgehead atoms. The standard InChI is InChI=1S/C11H25ClSi/c1-9(2)13(12,10(3,4)5)11(6,7)8/h9H,1-8H3. The summed E-state index contributed by atoms with van der Waals surface area (Å²) >= 11 is 6.97. The van der Waals surface area contributed by atoms with Gasteiger partial charge in [-0.1, -0.05) is 55.4 Å². The van der Waals surface area contributed by atoms with Crippen molar-refractivity contribution in [2.45, 2.75) is 71.0 Å². The van der Waals surface area contributed by atoms with Crippen molar-refractivity contribution in [1.29, 1.82) is 0 Å². The first kappa shape index (κ1) is 13.5. The van der Waals surface area contributed by atoms with Crippen LogP contribution in [0.4, 0.5) is 0 Å². The van der Waals surface area contributed by atoms with Crippen LogP contribution in [0, 0.1) is 0 Å². The van der Waals surface area contributed by atoms with E-state index in [9.17, 15) is 0 Å². The molecular formula is C11H25ClSi. The summed E-state index contributed by atoms with van der Waals surface area (Å²) < 4.78 is 0. The van der Waals surface area contributed by atoms with Gasteiger partial charge in [0.15, 0.2) is 7.38 Å². The highest BCUT2D eigenvalue weighted by atomic mass is 35.6. The Balaban J connectivity index is 5.22. The van der Waals surface area contributed by atoms with Gasteiger partial charge in [-0.25, -0.2) is 0 Å². The van der Waals surface area contributed by atoms with Crippen molar-refractivity contribution in [2.75, 3.05) is 0 Å². The van der Waals surface area contributed by atoms with Gasteiger partial charge in [-0.15, -0.1) is 0 Å². The third-order valence-electron chi connectivity index (χ3n) is 2.98. The molecule has 80 valence electrons. The van der Waals surface area contributed by atoms with E-state index >= 15 is 0 Å². The second-order valence-corrected chi connectivity index (χ2v) is 13.7. The Hall–Kier alpha value is 0.507. The Kier molecular flexibility index (Phi) is 3.72. The highest BCUT2D eigenvalue weighted by Gasteiger charge is 2.53. The minimum Gasteiger partial charge on any atom is -0.166 e. The third kappa shape index (κ3) is 2.30. The van der Waals surface area contributed by atoms with Crippen LogP contribution in [0.1, 0.15) is 55.4 Å². The van der Waals surface area contributed by atoms with Crippen molar-refractivity contribution in [1.82, 2.24) is 0 Å². The van der Waals surface area contributed by atoms with Gasteiger partial charge in [0, 0.05) is 0 Å². The maximum atomic E-state index is 6.97. The van der Waals surface area contributed by atoms with Crippen LogP contribution in [0.25, 0.3) is 0 Å². The molecule has 0 fully saturated rings. The molecule has 0 aromatic rings. The van der Waals surface area contributed by atoms with Crippen molar-refractivity contribution in [2.24, 2.45) is 0 Å². The van der Waals surface area contributed by atoms with E-state index in [2.05, 4.69) is 55.4 Å². The van der Waals surface area contributed by atoms with Crippen LogP contribution in [-0.4, -0.2) is 7.38 Å². The molecule has 0 radical (unpaired) electrons. The van der Waals surface area contributed by atoms with E-state index in [-0.39, 0.29) is 10.1 Å². The van der Waals surface area contributed by atoms with Crippen LogP contribution in [-0.2, 0) is 0 Å². The normalized spacial score (nSPS) is 15.2. The summed E-state index contributed by atoms with van der Waals surface area (Å²) in [6, 6.07) is 0. The molecule has 0 N–H and O–H groups in total. The summed E-state index contributed by atoms with van der Waals surface area (Å²) in [7, 11) is -1.76. The van der Waals surface area contributed by atoms with Crippen molar-refractivity contribution in [3.05, 3.63) is 0 Å². The lowest BCUT2D eigenvalue weighted by molar-refractivity contribution is 0.610. The first-order chi connectivity index (χ1) is 5.44. The molecule has 0 unspecified atom stereocenters. The largest absolute Gasteiger partial charge is 0.169 e. The SMILES string of the molecule is CC(C)[Si](Cl)(C(C)(C)C)C(C)(C)C. The number of hydrogen-bond donors (Lipinski definition) is 0. The molecule has 0 spiro atoms. The Morgan fingerprint density at radius 2 is 1.08 bits per heavy atom. The van der Waals surface area contributed by atoms with Crippen LogP contribution >= 0.6 is 11.1 Å². The van der Waals surface area contributed by atoms with Gasteiger partial charge in [0.05, 0.1) is 0 Å². The summed E-state index contributed by atoms with van der Waals surface area (Å²) in [4.78, 5) is 0. The lowest BCUT2D eigenvalue weighted by Gasteiger charge is -2.49.